The van der Waals surface area contributed by atoms with E-state index < -0.39 is 82.2 Å². The van der Waals surface area contributed by atoms with Crippen LogP contribution in [0.1, 0.15) is 94.4 Å². The van der Waals surface area contributed by atoms with E-state index >= 15 is 4.39 Å². The van der Waals surface area contributed by atoms with Gasteiger partial charge in [-0.2, -0.15) is 28.4 Å². The summed E-state index contributed by atoms with van der Waals surface area (Å²) in [5.41, 5.74) is 1.26. The number of hydrogen-bond acceptors (Lipinski definition) is 15. The van der Waals surface area contributed by atoms with Gasteiger partial charge in [-0.15, -0.1) is 11.3 Å². The molecule has 0 unspecified atom stereocenters. The first-order valence-electron chi connectivity index (χ1n) is 27.7. The molecule has 0 bridgehead atoms. The maximum atomic E-state index is 17.2. The van der Waals surface area contributed by atoms with Gasteiger partial charge in [-0.3, -0.25) is 29.1 Å². The number of aliphatic hydroxyl groups is 1. The van der Waals surface area contributed by atoms with Crippen LogP contribution in [0.4, 0.5) is 23.4 Å². The van der Waals surface area contributed by atoms with E-state index in [1.54, 1.807) is 28.7 Å². The molecule has 0 saturated carbocycles. The van der Waals surface area contributed by atoms with E-state index in [2.05, 4.69) is 48.1 Å². The summed E-state index contributed by atoms with van der Waals surface area (Å²) in [6.07, 6.45) is -2.98. The molecular weight excluding hydrogens is 1120 g/mol. The Bertz CT molecular complexity index is 3250. The zero-order valence-electron chi connectivity index (χ0n) is 47.6. The van der Waals surface area contributed by atoms with Crippen LogP contribution in [-0.2, 0) is 36.5 Å². The first kappa shape index (κ1) is 62.2. The molecule has 6 heterocycles. The molecule has 3 aromatic heterocycles. The molecule has 3 aliphatic rings. The van der Waals surface area contributed by atoms with E-state index in [9.17, 15) is 42.7 Å². The standard InChI is InChI=1S/C59H70ClF4N11O7S/c1-9-39-25-33(3)48(59(62,63)64)51(68-39)47-43(60)27-42-50(49(47)61)70-57(71-54(42)73-21-22-74(46(78)10-2)40(28-73)15-18-65)82-24-23-72-19-16-36(17-20-72)30-81-31-45(77)69-53(58(6,7)8)56(80)75-29-41(76)26-44(75)55(79)67-34(4)37-11-13-38(14-12-37)52-35(5)66-32-83-52/h10-14,25,27,32,34,36,40-41,44,53,76H,2,9,15-17,19-24,26,28-31H2,1,3-8H3,(H,67,79)(H,69,77)/t34-,40-,41+,44-,53+/m0/s1. The lowest BCUT2D eigenvalue weighted by molar-refractivity contribution is -0.144. The first-order valence-corrected chi connectivity index (χ1v) is 29.0. The number of aromatic nitrogens is 4. The van der Waals surface area contributed by atoms with E-state index in [0.29, 0.717) is 38.2 Å². The third-order valence-electron chi connectivity index (χ3n) is 15.6. The number of carbonyl (C=O) groups is 4. The Balaban J connectivity index is 0.877. The molecule has 5 atom stereocenters. The molecular formula is C59H70ClF4N11O7S. The summed E-state index contributed by atoms with van der Waals surface area (Å²) in [6, 6.07) is 9.33. The van der Waals surface area contributed by atoms with Crippen LogP contribution in [0.2, 0.25) is 5.02 Å². The molecule has 18 nitrogen and oxygen atoms in total. The molecule has 8 rings (SSSR count). The predicted molar refractivity (Wildman–Crippen MR) is 307 cm³/mol. The van der Waals surface area contributed by atoms with Crippen molar-refractivity contribution in [3.63, 3.8) is 0 Å². The summed E-state index contributed by atoms with van der Waals surface area (Å²) < 4.78 is 73.3. The third kappa shape index (κ3) is 14.4. The van der Waals surface area contributed by atoms with Crippen LogP contribution < -0.4 is 20.3 Å². The highest BCUT2D eigenvalue weighted by Crippen LogP contribution is 2.45. The number of alkyl halides is 3. The Labute approximate surface area is 489 Å². The lowest BCUT2D eigenvalue weighted by Crippen LogP contribution is -2.58. The fraction of sp³-hybridized carbons (Fsp3) is 0.508. The van der Waals surface area contributed by atoms with Crippen LogP contribution in [-0.4, -0.2) is 153 Å². The summed E-state index contributed by atoms with van der Waals surface area (Å²) in [4.78, 5) is 79.8. The van der Waals surface area contributed by atoms with Crippen molar-refractivity contribution in [2.75, 3.05) is 70.5 Å². The van der Waals surface area contributed by atoms with E-state index in [-0.39, 0.29) is 110 Å². The van der Waals surface area contributed by atoms with Gasteiger partial charge in [0.15, 0.2) is 5.82 Å². The number of carbonyl (C=O) groups excluding carboxylic acids is 4. The number of likely N-dealkylation sites (tertiary alicyclic amines) is 2. The molecule has 0 spiro atoms. The number of β-amino-alcohol motifs (C(OH)–C–C–N with tert-alkyl or cyclic N) is 1. The number of pyridine rings is 1. The van der Waals surface area contributed by atoms with Crippen molar-refractivity contribution < 1.29 is 51.3 Å². The van der Waals surface area contributed by atoms with Gasteiger partial charge in [0, 0.05) is 50.2 Å². The van der Waals surface area contributed by atoms with Crippen molar-refractivity contribution >= 4 is 63.3 Å². The number of ether oxygens (including phenoxy) is 2. The van der Waals surface area contributed by atoms with Crippen LogP contribution >= 0.6 is 22.9 Å². The summed E-state index contributed by atoms with van der Waals surface area (Å²) in [5.74, 6) is -2.68. The minimum atomic E-state index is -4.91. The normalized spacial score (nSPS) is 18.9. The van der Waals surface area contributed by atoms with Crippen molar-refractivity contribution in [3.05, 3.63) is 93.5 Å². The zero-order valence-corrected chi connectivity index (χ0v) is 49.2. The largest absolute Gasteiger partial charge is 0.462 e. The molecule has 3 fully saturated rings. The monoisotopic (exact) mass is 1190 g/mol. The molecule has 3 N–H and O–H groups in total. The number of halogens is 5. The topological polar surface area (TPSA) is 219 Å². The molecule has 5 aromatic rings. The van der Waals surface area contributed by atoms with E-state index in [4.69, 9.17) is 21.1 Å². The van der Waals surface area contributed by atoms with Crippen LogP contribution in [0.5, 0.6) is 6.01 Å². The van der Waals surface area contributed by atoms with Crippen LogP contribution in [0, 0.1) is 42.3 Å². The van der Waals surface area contributed by atoms with Gasteiger partial charge in [0.05, 0.1) is 75.2 Å². The molecule has 4 amide bonds. The van der Waals surface area contributed by atoms with Gasteiger partial charge in [-0.1, -0.05) is 70.1 Å². The van der Waals surface area contributed by atoms with Crippen molar-refractivity contribution in [2.24, 2.45) is 11.3 Å². The number of hydrogen-bond donors (Lipinski definition) is 3. The van der Waals surface area contributed by atoms with Crippen molar-refractivity contribution in [3.8, 4) is 33.8 Å². The van der Waals surface area contributed by atoms with Crippen molar-refractivity contribution in [1.82, 2.24) is 45.3 Å². The molecule has 2 aromatic carbocycles. The number of aryl methyl sites for hydroxylation is 3. The van der Waals surface area contributed by atoms with Crippen molar-refractivity contribution in [2.45, 2.75) is 117 Å². The molecule has 3 aliphatic heterocycles. The third-order valence-corrected chi connectivity index (χ3v) is 16.8. The van der Waals surface area contributed by atoms with E-state index in [0.717, 1.165) is 27.8 Å². The number of benzene rings is 2. The van der Waals surface area contributed by atoms with Crippen LogP contribution in [0.15, 0.2) is 54.6 Å². The highest BCUT2D eigenvalue weighted by Gasteiger charge is 2.45. The van der Waals surface area contributed by atoms with Gasteiger partial charge in [0.1, 0.15) is 36.6 Å². The Morgan fingerprint density at radius 3 is 2.37 bits per heavy atom. The predicted octanol–water partition coefficient (Wildman–Crippen LogP) is 8.40. The van der Waals surface area contributed by atoms with Gasteiger partial charge in [-0.05, 0) is 99.4 Å². The number of nitrogens with one attached hydrogen (secondary N) is 2. The average molecular weight is 1190 g/mol. The second-order valence-electron chi connectivity index (χ2n) is 22.5. The second kappa shape index (κ2) is 26.4. The summed E-state index contributed by atoms with van der Waals surface area (Å²) in [6.45, 7) is 17.9. The minimum Gasteiger partial charge on any atom is -0.462 e. The molecule has 24 heteroatoms. The van der Waals surface area contributed by atoms with Crippen molar-refractivity contribution in [1.29, 1.82) is 5.26 Å². The second-order valence-corrected chi connectivity index (χ2v) is 23.8. The van der Waals surface area contributed by atoms with Gasteiger partial charge in [0.25, 0.3) is 0 Å². The smallest absolute Gasteiger partial charge is 0.418 e. The fourth-order valence-electron chi connectivity index (χ4n) is 11.1. The molecule has 0 radical (unpaired) electrons. The summed E-state index contributed by atoms with van der Waals surface area (Å²) in [5, 5.41) is 26.0. The maximum absolute atomic E-state index is 17.2. The van der Waals surface area contributed by atoms with E-state index in [1.807, 2.05) is 58.9 Å². The number of thiazole rings is 1. The zero-order chi connectivity index (χ0) is 60.1. The average Bonchev–Trinajstić information content (AvgIpc) is 2.85. The molecule has 444 valence electrons. The number of aliphatic hydroxyl groups excluding tert-OH is 1. The number of rotatable bonds is 19. The number of amides is 4. The fourth-order valence-corrected chi connectivity index (χ4v) is 12.2. The Morgan fingerprint density at radius 2 is 1.73 bits per heavy atom. The lowest BCUT2D eigenvalue weighted by atomic mass is 9.85. The van der Waals surface area contributed by atoms with Gasteiger partial charge in [0.2, 0.25) is 23.6 Å². The maximum Gasteiger partial charge on any atom is 0.418 e. The molecule has 0 aliphatic carbocycles. The van der Waals surface area contributed by atoms with Gasteiger partial charge < -0.3 is 39.9 Å². The number of fused-ring (bicyclic) bond motifs is 1. The van der Waals surface area contributed by atoms with Gasteiger partial charge >= 0.3 is 12.2 Å². The Hall–Kier alpha value is -6.84. The number of nitriles is 1. The number of piperazine rings is 1. The summed E-state index contributed by atoms with van der Waals surface area (Å²) in [7, 11) is 0. The summed E-state index contributed by atoms with van der Waals surface area (Å²) >= 11 is 8.29. The molecule has 3 saturated heterocycles. The highest BCUT2D eigenvalue weighted by molar-refractivity contribution is 7.13. The van der Waals surface area contributed by atoms with Crippen LogP contribution in [0.25, 0.3) is 32.6 Å². The van der Waals surface area contributed by atoms with E-state index in [1.165, 1.54) is 28.9 Å². The quantitative estimate of drug-likeness (QED) is 0.0523. The Morgan fingerprint density at radius 1 is 1.01 bits per heavy atom. The highest BCUT2D eigenvalue weighted by atomic mass is 35.5. The number of anilines is 1. The van der Waals surface area contributed by atoms with Crippen LogP contribution in [0.3, 0.4) is 0 Å². The SMILES string of the molecule is C=CC(=O)N1CCN(c2nc(OCCN3CCC(COCC(=O)N[C@H](C(=O)N4C[C@H](O)C[C@H]4C(=O)N[C@@H](C)c4ccc(-c5scnc5C)cc4)C(C)(C)C)CC3)nc3c(F)c(-c4nc(CC)cc(C)c4C(F)(F)F)c(Cl)cc23)C[C@@H]1CC#N. The minimum absolute atomic E-state index is 0.0396. The molecule has 83 heavy (non-hydrogen) atoms. The van der Waals surface area contributed by atoms with Gasteiger partial charge in [-0.25, -0.2) is 9.37 Å². The lowest BCUT2D eigenvalue weighted by Gasteiger charge is -2.41. The first-order chi connectivity index (χ1) is 39.4. The Kier molecular flexibility index (Phi) is 19.8. The number of piperidine rings is 1. The number of nitrogens with zero attached hydrogens (tertiary/aromatic N) is 9.